The summed E-state index contributed by atoms with van der Waals surface area (Å²) in [5.74, 6) is -0.298. The second kappa shape index (κ2) is 5.88. The first-order chi connectivity index (χ1) is 9.81. The first-order valence-corrected chi connectivity index (χ1v) is 7.43. The third kappa shape index (κ3) is 3.43. The van der Waals surface area contributed by atoms with Crippen LogP contribution in [0.2, 0.25) is 0 Å². The van der Waals surface area contributed by atoms with E-state index < -0.39 is 5.97 Å². The molecule has 0 radical (unpaired) electrons. The van der Waals surface area contributed by atoms with Crippen LogP contribution in [0.5, 0.6) is 0 Å². The maximum atomic E-state index is 12.4. The molecule has 1 fully saturated rings. The van der Waals surface area contributed by atoms with E-state index in [0.717, 1.165) is 18.5 Å². The second-order valence-electron chi connectivity index (χ2n) is 6.59. The molecule has 1 aliphatic heterocycles. The summed E-state index contributed by atoms with van der Waals surface area (Å²) in [4.78, 5) is 25.6. The molecular weight excluding hydrogens is 266 g/mol. The highest BCUT2D eigenvalue weighted by molar-refractivity contribution is 5.89. The Morgan fingerprint density at radius 3 is 2.57 bits per heavy atom. The number of hydrogen-bond acceptors (Lipinski definition) is 2. The molecule has 0 saturated carbocycles. The van der Waals surface area contributed by atoms with Crippen LogP contribution in [0.3, 0.4) is 0 Å². The highest BCUT2D eigenvalue weighted by atomic mass is 16.4. The Kier molecular flexibility index (Phi) is 4.35. The molecule has 1 amide bonds. The van der Waals surface area contributed by atoms with E-state index in [4.69, 9.17) is 5.11 Å². The van der Waals surface area contributed by atoms with Crippen molar-refractivity contribution in [1.82, 2.24) is 4.90 Å². The van der Waals surface area contributed by atoms with Crippen LogP contribution in [0.25, 0.3) is 0 Å². The van der Waals surface area contributed by atoms with Gasteiger partial charge >= 0.3 is 5.97 Å². The number of rotatable bonds is 4. The van der Waals surface area contributed by atoms with E-state index in [1.54, 1.807) is 18.2 Å². The van der Waals surface area contributed by atoms with E-state index in [1.165, 1.54) is 0 Å². The lowest BCUT2D eigenvalue weighted by Crippen LogP contribution is -2.42. The summed E-state index contributed by atoms with van der Waals surface area (Å²) in [5.41, 5.74) is 0.922. The SMILES string of the molecule is CC1CN(C(=O)CCc2ccccc2C(=O)O)C(C)(C)C1. The molecule has 1 heterocycles. The number of carboxylic acid groups (broad SMARTS) is 1. The molecule has 1 unspecified atom stereocenters. The van der Waals surface area contributed by atoms with Gasteiger partial charge in [0, 0.05) is 18.5 Å². The fraction of sp³-hybridized carbons (Fsp3) is 0.529. The van der Waals surface area contributed by atoms with Crippen LogP contribution in [-0.2, 0) is 11.2 Å². The van der Waals surface area contributed by atoms with Crippen LogP contribution in [0.4, 0.5) is 0 Å². The van der Waals surface area contributed by atoms with E-state index in [-0.39, 0.29) is 11.4 Å². The Labute approximate surface area is 125 Å². The molecule has 4 heteroatoms. The maximum Gasteiger partial charge on any atom is 0.335 e. The molecule has 0 bridgehead atoms. The van der Waals surface area contributed by atoms with Gasteiger partial charge in [-0.2, -0.15) is 0 Å². The van der Waals surface area contributed by atoms with Crippen molar-refractivity contribution in [3.05, 3.63) is 35.4 Å². The van der Waals surface area contributed by atoms with Gasteiger partial charge in [0.2, 0.25) is 5.91 Å². The summed E-state index contributed by atoms with van der Waals surface area (Å²) in [6, 6.07) is 6.90. The number of amides is 1. The van der Waals surface area contributed by atoms with Gasteiger partial charge in [0.25, 0.3) is 0 Å². The van der Waals surface area contributed by atoms with Crippen molar-refractivity contribution in [2.75, 3.05) is 6.54 Å². The number of aromatic carboxylic acids is 1. The van der Waals surface area contributed by atoms with Gasteiger partial charge < -0.3 is 10.0 Å². The van der Waals surface area contributed by atoms with Crippen molar-refractivity contribution in [3.8, 4) is 0 Å². The van der Waals surface area contributed by atoms with E-state index >= 15 is 0 Å². The highest BCUT2D eigenvalue weighted by Crippen LogP contribution is 2.32. The largest absolute Gasteiger partial charge is 0.478 e. The van der Waals surface area contributed by atoms with Crippen LogP contribution in [0, 0.1) is 5.92 Å². The van der Waals surface area contributed by atoms with Gasteiger partial charge in [-0.25, -0.2) is 4.79 Å². The first kappa shape index (κ1) is 15.5. The van der Waals surface area contributed by atoms with Crippen LogP contribution in [0.15, 0.2) is 24.3 Å². The number of carbonyl (C=O) groups is 2. The molecule has 1 aromatic carbocycles. The minimum absolute atomic E-state index is 0.0944. The van der Waals surface area contributed by atoms with Crippen LogP contribution in [0.1, 0.15) is 49.5 Å². The topological polar surface area (TPSA) is 57.6 Å². The molecular formula is C17H23NO3. The lowest BCUT2D eigenvalue weighted by Gasteiger charge is -2.31. The Bertz CT molecular complexity index is 551. The Morgan fingerprint density at radius 2 is 2.00 bits per heavy atom. The molecule has 1 N–H and O–H groups in total. The predicted octanol–water partition coefficient (Wildman–Crippen LogP) is 2.96. The molecule has 21 heavy (non-hydrogen) atoms. The monoisotopic (exact) mass is 289 g/mol. The average molecular weight is 289 g/mol. The third-order valence-corrected chi connectivity index (χ3v) is 4.23. The van der Waals surface area contributed by atoms with Crippen molar-refractivity contribution in [3.63, 3.8) is 0 Å². The predicted molar refractivity (Wildman–Crippen MR) is 81.3 cm³/mol. The quantitative estimate of drug-likeness (QED) is 0.927. The third-order valence-electron chi connectivity index (χ3n) is 4.23. The number of nitrogens with zero attached hydrogens (tertiary/aromatic N) is 1. The van der Waals surface area contributed by atoms with Crippen molar-refractivity contribution in [1.29, 1.82) is 0 Å². The van der Waals surface area contributed by atoms with Crippen molar-refractivity contribution < 1.29 is 14.7 Å². The molecule has 1 saturated heterocycles. The average Bonchev–Trinajstić information content (AvgIpc) is 2.69. The van der Waals surface area contributed by atoms with Crippen molar-refractivity contribution in [2.45, 2.75) is 45.6 Å². The van der Waals surface area contributed by atoms with E-state index in [0.29, 0.717) is 24.3 Å². The van der Waals surface area contributed by atoms with Crippen molar-refractivity contribution in [2.24, 2.45) is 5.92 Å². The van der Waals surface area contributed by atoms with Gasteiger partial charge in [0.15, 0.2) is 0 Å². The van der Waals surface area contributed by atoms with Gasteiger partial charge in [0.1, 0.15) is 0 Å². The molecule has 0 aromatic heterocycles. The summed E-state index contributed by atoms with van der Waals surface area (Å²) in [6.07, 6.45) is 1.85. The smallest absolute Gasteiger partial charge is 0.335 e. The fourth-order valence-electron chi connectivity index (χ4n) is 3.35. The maximum absolute atomic E-state index is 12.4. The fourth-order valence-corrected chi connectivity index (χ4v) is 3.35. The zero-order valence-corrected chi connectivity index (χ0v) is 12.9. The van der Waals surface area contributed by atoms with Gasteiger partial charge in [-0.05, 0) is 44.2 Å². The second-order valence-corrected chi connectivity index (χ2v) is 6.59. The molecule has 2 rings (SSSR count). The summed E-state index contributed by atoms with van der Waals surface area (Å²) < 4.78 is 0. The molecule has 114 valence electrons. The van der Waals surface area contributed by atoms with Crippen LogP contribution >= 0.6 is 0 Å². The minimum atomic E-state index is -0.937. The number of hydrogen-bond donors (Lipinski definition) is 1. The van der Waals surface area contributed by atoms with E-state index in [9.17, 15) is 9.59 Å². The van der Waals surface area contributed by atoms with E-state index in [1.807, 2.05) is 11.0 Å². The normalized spacial score (nSPS) is 20.5. The Balaban J connectivity index is 2.04. The zero-order valence-electron chi connectivity index (χ0n) is 12.9. The van der Waals surface area contributed by atoms with Gasteiger partial charge in [-0.15, -0.1) is 0 Å². The minimum Gasteiger partial charge on any atom is -0.478 e. The Morgan fingerprint density at radius 1 is 1.33 bits per heavy atom. The highest BCUT2D eigenvalue weighted by Gasteiger charge is 2.38. The van der Waals surface area contributed by atoms with Gasteiger partial charge in [-0.1, -0.05) is 25.1 Å². The standard InChI is InChI=1S/C17H23NO3/c1-12-10-17(2,3)18(11-12)15(19)9-8-13-6-4-5-7-14(13)16(20)21/h4-7,12H,8-11H2,1-3H3,(H,20,21). The molecule has 1 aromatic rings. The molecule has 1 atom stereocenters. The summed E-state index contributed by atoms with van der Waals surface area (Å²) in [7, 11) is 0. The molecule has 1 aliphatic rings. The summed E-state index contributed by atoms with van der Waals surface area (Å²) in [6.45, 7) is 7.15. The zero-order chi connectivity index (χ0) is 15.6. The van der Waals surface area contributed by atoms with Gasteiger partial charge in [0.05, 0.1) is 5.56 Å². The molecule has 0 spiro atoms. The van der Waals surface area contributed by atoms with Crippen molar-refractivity contribution >= 4 is 11.9 Å². The molecule has 0 aliphatic carbocycles. The van der Waals surface area contributed by atoms with Crippen LogP contribution < -0.4 is 0 Å². The number of likely N-dealkylation sites (tertiary alicyclic amines) is 1. The number of carbonyl (C=O) groups excluding carboxylic acids is 1. The lowest BCUT2D eigenvalue weighted by molar-refractivity contribution is -0.134. The summed E-state index contributed by atoms with van der Waals surface area (Å²) in [5, 5.41) is 9.16. The summed E-state index contributed by atoms with van der Waals surface area (Å²) >= 11 is 0. The number of carboxylic acids is 1. The first-order valence-electron chi connectivity index (χ1n) is 7.43. The van der Waals surface area contributed by atoms with Gasteiger partial charge in [-0.3, -0.25) is 4.79 Å². The van der Waals surface area contributed by atoms with E-state index in [2.05, 4.69) is 20.8 Å². The van der Waals surface area contributed by atoms with Crippen LogP contribution in [-0.4, -0.2) is 34.0 Å². The Hall–Kier alpha value is -1.84. The molecule has 4 nitrogen and oxygen atoms in total. The number of aryl methyl sites for hydroxylation is 1. The number of benzene rings is 1. The lowest BCUT2D eigenvalue weighted by atomic mass is 9.97.